The summed E-state index contributed by atoms with van der Waals surface area (Å²) in [5.41, 5.74) is 2.49. The average Bonchev–Trinajstić information content (AvgIpc) is 2.75. The molecule has 0 spiro atoms. The summed E-state index contributed by atoms with van der Waals surface area (Å²) in [7, 11) is 0. The van der Waals surface area contributed by atoms with Gasteiger partial charge in [0.15, 0.2) is 18.1 Å². The maximum atomic E-state index is 12.4. The van der Waals surface area contributed by atoms with Gasteiger partial charge in [-0.05, 0) is 47.7 Å². The molecule has 3 rings (SSSR count). The highest BCUT2D eigenvalue weighted by atomic mass is 16.6. The molecule has 0 aromatic heterocycles. The zero-order valence-corrected chi connectivity index (χ0v) is 17.1. The molecule has 0 radical (unpaired) electrons. The second-order valence-corrected chi connectivity index (χ2v) is 7.32. The zero-order valence-electron chi connectivity index (χ0n) is 17.1. The van der Waals surface area contributed by atoms with Crippen molar-refractivity contribution >= 4 is 11.9 Å². The van der Waals surface area contributed by atoms with E-state index < -0.39 is 5.97 Å². The number of rotatable bonds is 7. The number of amides is 1. The Morgan fingerprint density at radius 1 is 1.03 bits per heavy atom. The van der Waals surface area contributed by atoms with Crippen molar-refractivity contribution in [2.75, 3.05) is 19.8 Å². The Labute approximate surface area is 171 Å². The molecule has 0 aliphatic carbocycles. The van der Waals surface area contributed by atoms with E-state index in [1.54, 1.807) is 12.1 Å². The highest BCUT2D eigenvalue weighted by Crippen LogP contribution is 2.34. The molecule has 0 bridgehead atoms. The van der Waals surface area contributed by atoms with Crippen molar-refractivity contribution in [3.05, 3.63) is 59.2 Å². The Morgan fingerprint density at radius 3 is 2.38 bits per heavy atom. The van der Waals surface area contributed by atoms with E-state index in [2.05, 4.69) is 5.32 Å². The lowest BCUT2D eigenvalue weighted by molar-refractivity contribution is -0.125. The first-order chi connectivity index (χ1) is 14.0. The van der Waals surface area contributed by atoms with Gasteiger partial charge >= 0.3 is 5.97 Å². The fourth-order valence-electron chi connectivity index (χ4n) is 3.19. The third-order valence-corrected chi connectivity index (χ3v) is 4.84. The molecule has 6 nitrogen and oxygen atoms in total. The molecule has 2 aromatic carbocycles. The number of carbonyl (C=O) groups excluding carboxylic acids is 2. The molecule has 1 amide bonds. The van der Waals surface area contributed by atoms with E-state index in [0.29, 0.717) is 30.3 Å². The normalized spacial score (nSPS) is 13.7. The van der Waals surface area contributed by atoms with Gasteiger partial charge in [-0.15, -0.1) is 0 Å². The summed E-state index contributed by atoms with van der Waals surface area (Å²) in [5, 5.41) is 2.95. The largest absolute Gasteiger partial charge is 0.486 e. The second-order valence-electron chi connectivity index (χ2n) is 7.32. The van der Waals surface area contributed by atoms with Gasteiger partial charge in [-0.3, -0.25) is 4.79 Å². The van der Waals surface area contributed by atoms with Crippen LogP contribution in [-0.2, 0) is 16.0 Å². The minimum absolute atomic E-state index is 0.138. The first-order valence-electron chi connectivity index (χ1n) is 9.93. The number of hydrogen-bond acceptors (Lipinski definition) is 5. The Hall–Kier alpha value is -3.02. The summed E-state index contributed by atoms with van der Waals surface area (Å²) in [4.78, 5) is 24.6. The molecule has 0 fully saturated rings. The molecule has 154 valence electrons. The number of nitrogens with one attached hydrogen (secondary N) is 1. The fraction of sp³-hybridized carbons (Fsp3) is 0.391. The SMILES string of the molecule is CCc1ccc(C(=O)OCC(=O)N[C@@H](c2ccc3c(c2)OCCO3)C(C)C)cc1. The maximum absolute atomic E-state index is 12.4. The lowest BCUT2D eigenvalue weighted by Crippen LogP contribution is -2.35. The van der Waals surface area contributed by atoms with Crippen LogP contribution in [0.4, 0.5) is 0 Å². The van der Waals surface area contributed by atoms with Crippen molar-refractivity contribution in [3.63, 3.8) is 0 Å². The van der Waals surface area contributed by atoms with Crippen LogP contribution in [0.5, 0.6) is 11.5 Å². The number of esters is 1. The van der Waals surface area contributed by atoms with Gasteiger partial charge < -0.3 is 19.5 Å². The van der Waals surface area contributed by atoms with Crippen molar-refractivity contribution in [3.8, 4) is 11.5 Å². The van der Waals surface area contributed by atoms with Crippen LogP contribution in [0.3, 0.4) is 0 Å². The van der Waals surface area contributed by atoms with Crippen LogP contribution in [0, 0.1) is 5.92 Å². The van der Waals surface area contributed by atoms with E-state index in [4.69, 9.17) is 14.2 Å². The Bertz CT molecular complexity index is 860. The van der Waals surface area contributed by atoms with Gasteiger partial charge in [0, 0.05) is 0 Å². The first kappa shape index (κ1) is 20.7. The van der Waals surface area contributed by atoms with Gasteiger partial charge in [0.25, 0.3) is 5.91 Å². The molecule has 2 aromatic rings. The molecule has 1 atom stereocenters. The number of fused-ring (bicyclic) bond motifs is 1. The van der Waals surface area contributed by atoms with Crippen LogP contribution >= 0.6 is 0 Å². The average molecular weight is 397 g/mol. The van der Waals surface area contributed by atoms with E-state index in [9.17, 15) is 9.59 Å². The third kappa shape index (κ3) is 5.28. The summed E-state index contributed by atoms with van der Waals surface area (Å²) < 4.78 is 16.4. The van der Waals surface area contributed by atoms with Crippen LogP contribution in [0.1, 0.15) is 48.3 Å². The monoisotopic (exact) mass is 397 g/mol. The minimum atomic E-state index is -0.511. The molecule has 0 saturated heterocycles. The van der Waals surface area contributed by atoms with Gasteiger partial charge in [-0.1, -0.05) is 39.0 Å². The van der Waals surface area contributed by atoms with Gasteiger partial charge in [0.2, 0.25) is 0 Å². The number of hydrogen-bond donors (Lipinski definition) is 1. The Kier molecular flexibility index (Phi) is 6.75. The standard InChI is InChI=1S/C23H27NO5/c1-4-16-5-7-17(8-6-16)23(26)29-14-21(25)24-22(15(2)3)18-9-10-19-20(13-18)28-12-11-27-19/h5-10,13,15,22H,4,11-12,14H2,1-3H3,(H,24,25)/t22-/m1/s1. The van der Waals surface area contributed by atoms with Crippen molar-refractivity contribution in [2.45, 2.75) is 33.2 Å². The molecule has 1 N–H and O–H groups in total. The molecular formula is C23H27NO5. The molecule has 29 heavy (non-hydrogen) atoms. The van der Waals surface area contributed by atoms with Crippen LogP contribution in [0.2, 0.25) is 0 Å². The third-order valence-electron chi connectivity index (χ3n) is 4.84. The predicted molar refractivity (Wildman–Crippen MR) is 109 cm³/mol. The second kappa shape index (κ2) is 9.45. The highest BCUT2D eigenvalue weighted by molar-refractivity contribution is 5.91. The highest BCUT2D eigenvalue weighted by Gasteiger charge is 2.22. The van der Waals surface area contributed by atoms with E-state index in [-0.39, 0.29) is 24.5 Å². The summed E-state index contributed by atoms with van der Waals surface area (Å²) in [6.07, 6.45) is 0.897. The fourth-order valence-corrected chi connectivity index (χ4v) is 3.19. The predicted octanol–water partition coefficient (Wildman–Crippen LogP) is 3.69. The van der Waals surface area contributed by atoms with Crippen molar-refractivity contribution in [1.82, 2.24) is 5.32 Å². The number of benzene rings is 2. The zero-order chi connectivity index (χ0) is 20.8. The molecule has 1 aliphatic heterocycles. The lowest BCUT2D eigenvalue weighted by Gasteiger charge is -2.25. The number of carbonyl (C=O) groups is 2. The number of aryl methyl sites for hydroxylation is 1. The smallest absolute Gasteiger partial charge is 0.338 e. The van der Waals surface area contributed by atoms with Crippen molar-refractivity contribution < 1.29 is 23.8 Å². The van der Waals surface area contributed by atoms with Crippen LogP contribution in [0.25, 0.3) is 0 Å². The molecule has 0 unspecified atom stereocenters. The summed E-state index contributed by atoms with van der Waals surface area (Å²) >= 11 is 0. The van der Waals surface area contributed by atoms with E-state index in [1.165, 1.54) is 0 Å². The van der Waals surface area contributed by atoms with Gasteiger partial charge in [0.1, 0.15) is 13.2 Å². The minimum Gasteiger partial charge on any atom is -0.486 e. The van der Waals surface area contributed by atoms with Gasteiger partial charge in [-0.25, -0.2) is 4.79 Å². The van der Waals surface area contributed by atoms with Crippen LogP contribution < -0.4 is 14.8 Å². The summed E-state index contributed by atoms with van der Waals surface area (Å²) in [6.45, 7) is 6.78. The Balaban J connectivity index is 1.60. The van der Waals surface area contributed by atoms with Crippen molar-refractivity contribution in [2.24, 2.45) is 5.92 Å². The van der Waals surface area contributed by atoms with E-state index in [1.807, 2.05) is 51.1 Å². The first-order valence-corrected chi connectivity index (χ1v) is 9.93. The Morgan fingerprint density at radius 2 is 1.72 bits per heavy atom. The molecule has 0 saturated carbocycles. The molecular weight excluding hydrogens is 370 g/mol. The topological polar surface area (TPSA) is 73.9 Å². The van der Waals surface area contributed by atoms with Gasteiger partial charge in [0.05, 0.1) is 11.6 Å². The quantitative estimate of drug-likeness (QED) is 0.722. The van der Waals surface area contributed by atoms with E-state index in [0.717, 1.165) is 17.5 Å². The molecule has 1 aliphatic rings. The lowest BCUT2D eigenvalue weighted by atomic mass is 9.95. The van der Waals surface area contributed by atoms with Crippen LogP contribution in [-0.4, -0.2) is 31.7 Å². The summed E-state index contributed by atoms with van der Waals surface area (Å²) in [5.74, 6) is 0.659. The number of ether oxygens (including phenoxy) is 3. The maximum Gasteiger partial charge on any atom is 0.338 e. The van der Waals surface area contributed by atoms with Crippen LogP contribution in [0.15, 0.2) is 42.5 Å². The molecule has 6 heteroatoms. The molecule has 1 heterocycles. The van der Waals surface area contributed by atoms with E-state index >= 15 is 0 Å². The van der Waals surface area contributed by atoms with Crippen molar-refractivity contribution in [1.29, 1.82) is 0 Å². The van der Waals surface area contributed by atoms with Gasteiger partial charge in [-0.2, -0.15) is 0 Å². The summed E-state index contributed by atoms with van der Waals surface area (Å²) in [6, 6.07) is 12.6.